The monoisotopic (exact) mass is 398 g/mol. The molecule has 8 nitrogen and oxygen atoms in total. The van der Waals surface area contributed by atoms with Gasteiger partial charge in [0.1, 0.15) is 6.04 Å². The minimum atomic E-state index is -4.07. The van der Waals surface area contributed by atoms with Crippen LogP contribution in [0.15, 0.2) is 39.2 Å². The minimum Gasteiger partial charge on any atom is -0.475 e. The lowest BCUT2D eigenvalue weighted by atomic mass is 10.2. The highest BCUT2D eigenvalue weighted by Crippen LogP contribution is 2.27. The molecule has 1 saturated heterocycles. The van der Waals surface area contributed by atoms with Crippen molar-refractivity contribution in [3.63, 3.8) is 0 Å². The molecule has 3 heterocycles. The molecule has 0 saturated carbocycles. The number of nitrogens with zero attached hydrogens (tertiary/aromatic N) is 1. The number of hydrogen-bond donors (Lipinski definition) is 2. The van der Waals surface area contributed by atoms with E-state index in [-0.39, 0.29) is 12.5 Å². The summed E-state index contributed by atoms with van der Waals surface area (Å²) in [5.41, 5.74) is 0. The molecular formula is C16H18N2O6S2. The molecule has 140 valence electrons. The Morgan fingerprint density at radius 3 is 2.81 bits per heavy atom. The van der Waals surface area contributed by atoms with E-state index in [0.29, 0.717) is 25.8 Å². The van der Waals surface area contributed by atoms with Crippen LogP contribution in [-0.4, -0.2) is 48.8 Å². The number of sulfonamides is 1. The molecule has 1 aliphatic rings. The van der Waals surface area contributed by atoms with Gasteiger partial charge < -0.3 is 14.8 Å². The maximum atomic E-state index is 12.7. The summed E-state index contributed by atoms with van der Waals surface area (Å²) in [4.78, 5) is 24.5. The molecule has 0 bridgehead atoms. The van der Waals surface area contributed by atoms with Crippen molar-refractivity contribution in [1.29, 1.82) is 0 Å². The van der Waals surface area contributed by atoms with Gasteiger partial charge in [0.05, 0.1) is 0 Å². The molecule has 1 unspecified atom stereocenters. The van der Waals surface area contributed by atoms with Crippen LogP contribution in [0.2, 0.25) is 0 Å². The van der Waals surface area contributed by atoms with Gasteiger partial charge in [-0.25, -0.2) is 13.2 Å². The number of carbonyl (C=O) groups excluding carboxylic acids is 1. The van der Waals surface area contributed by atoms with Gasteiger partial charge in [0.25, 0.3) is 10.0 Å². The first-order chi connectivity index (χ1) is 12.4. The fraction of sp³-hybridized carbons (Fsp3) is 0.375. The second-order valence-electron chi connectivity index (χ2n) is 5.82. The van der Waals surface area contributed by atoms with Crippen molar-refractivity contribution in [2.75, 3.05) is 13.1 Å². The van der Waals surface area contributed by atoms with Crippen LogP contribution < -0.4 is 5.32 Å². The molecule has 1 amide bonds. The topological polar surface area (TPSA) is 117 Å². The van der Waals surface area contributed by atoms with E-state index in [1.807, 2.05) is 17.5 Å². The standard InChI is InChI=1S/C16H18N2O6S2/c19-15(17-8-7-11-3-2-10-25-11)12-4-1-9-18(12)26(22,23)14-6-5-13(24-14)16(20)21/h2-3,5-6,10,12H,1,4,7-9H2,(H,17,19)(H,20,21). The lowest BCUT2D eigenvalue weighted by Gasteiger charge is -2.22. The lowest BCUT2D eigenvalue weighted by molar-refractivity contribution is -0.124. The number of carboxylic acid groups (broad SMARTS) is 1. The molecule has 3 rings (SSSR count). The molecule has 2 aromatic heterocycles. The van der Waals surface area contributed by atoms with E-state index in [9.17, 15) is 18.0 Å². The molecule has 1 aliphatic heterocycles. The highest BCUT2D eigenvalue weighted by molar-refractivity contribution is 7.89. The van der Waals surface area contributed by atoms with Crippen LogP contribution in [0.1, 0.15) is 28.3 Å². The second-order valence-corrected chi connectivity index (χ2v) is 8.67. The average Bonchev–Trinajstić information content (AvgIpc) is 3.34. The number of rotatable bonds is 7. The minimum absolute atomic E-state index is 0.189. The van der Waals surface area contributed by atoms with Gasteiger partial charge in [-0.1, -0.05) is 6.07 Å². The normalized spacial score (nSPS) is 18.1. The Labute approximate surface area is 154 Å². The Kier molecular flexibility index (Phi) is 5.44. The number of thiophene rings is 1. The van der Waals surface area contributed by atoms with Crippen LogP contribution in [-0.2, 0) is 21.2 Å². The van der Waals surface area contributed by atoms with Crippen LogP contribution >= 0.6 is 11.3 Å². The molecule has 0 aromatic carbocycles. The molecular weight excluding hydrogens is 380 g/mol. The van der Waals surface area contributed by atoms with Gasteiger partial charge in [0.15, 0.2) is 0 Å². The summed E-state index contributed by atoms with van der Waals surface area (Å²) in [6.07, 6.45) is 1.65. The highest BCUT2D eigenvalue weighted by Gasteiger charge is 2.41. The van der Waals surface area contributed by atoms with E-state index in [1.165, 1.54) is 0 Å². The number of carbonyl (C=O) groups is 2. The summed E-state index contributed by atoms with van der Waals surface area (Å²) < 4.78 is 31.4. The smallest absolute Gasteiger partial charge is 0.371 e. The molecule has 1 fully saturated rings. The van der Waals surface area contributed by atoms with E-state index >= 15 is 0 Å². The van der Waals surface area contributed by atoms with Gasteiger partial charge >= 0.3 is 5.97 Å². The predicted octanol–water partition coefficient (Wildman–Crippen LogP) is 1.55. The first-order valence-corrected chi connectivity index (χ1v) is 10.4. The lowest BCUT2D eigenvalue weighted by Crippen LogP contribution is -2.46. The van der Waals surface area contributed by atoms with E-state index in [4.69, 9.17) is 9.52 Å². The van der Waals surface area contributed by atoms with Crippen LogP contribution in [0, 0.1) is 0 Å². The highest BCUT2D eigenvalue weighted by atomic mass is 32.2. The number of amides is 1. The van der Waals surface area contributed by atoms with Crippen LogP contribution in [0.3, 0.4) is 0 Å². The van der Waals surface area contributed by atoms with Gasteiger partial charge in [-0.3, -0.25) is 4.79 Å². The zero-order valence-corrected chi connectivity index (χ0v) is 15.4. The summed E-state index contributed by atoms with van der Waals surface area (Å²) in [6.45, 7) is 0.613. The van der Waals surface area contributed by atoms with Crippen molar-refractivity contribution in [3.8, 4) is 0 Å². The van der Waals surface area contributed by atoms with Crippen molar-refractivity contribution in [2.24, 2.45) is 0 Å². The Balaban J connectivity index is 1.67. The van der Waals surface area contributed by atoms with E-state index < -0.39 is 32.9 Å². The van der Waals surface area contributed by atoms with Gasteiger partial charge in [-0.05, 0) is 42.8 Å². The third-order valence-electron chi connectivity index (χ3n) is 4.11. The third kappa shape index (κ3) is 3.81. The van der Waals surface area contributed by atoms with E-state index in [2.05, 4.69) is 5.32 Å². The maximum absolute atomic E-state index is 12.7. The largest absolute Gasteiger partial charge is 0.475 e. The first kappa shape index (κ1) is 18.6. The molecule has 10 heteroatoms. The summed E-state index contributed by atoms with van der Waals surface area (Å²) in [5.74, 6) is -2.16. The molecule has 1 atom stereocenters. The van der Waals surface area contributed by atoms with Crippen LogP contribution in [0.4, 0.5) is 0 Å². The average molecular weight is 398 g/mol. The number of furan rings is 1. The molecule has 0 aliphatic carbocycles. The Bertz CT molecular complexity index is 888. The van der Waals surface area contributed by atoms with Crippen LogP contribution in [0.25, 0.3) is 0 Å². The quantitative estimate of drug-likeness (QED) is 0.731. The number of hydrogen-bond acceptors (Lipinski definition) is 6. The zero-order valence-electron chi connectivity index (χ0n) is 13.8. The summed E-state index contributed by atoms with van der Waals surface area (Å²) in [5, 5.41) is 13.1. The fourth-order valence-corrected chi connectivity index (χ4v) is 5.14. The number of aromatic carboxylic acids is 1. The number of nitrogens with one attached hydrogen (secondary N) is 1. The number of carboxylic acids is 1. The van der Waals surface area contributed by atoms with Crippen molar-refractivity contribution in [2.45, 2.75) is 30.4 Å². The van der Waals surface area contributed by atoms with Crippen molar-refractivity contribution < 1.29 is 27.5 Å². The Hall–Kier alpha value is -2.17. The first-order valence-electron chi connectivity index (χ1n) is 8.04. The zero-order chi connectivity index (χ0) is 18.7. The summed E-state index contributed by atoms with van der Waals surface area (Å²) in [6, 6.07) is 5.27. The fourth-order valence-electron chi connectivity index (χ4n) is 2.86. The third-order valence-corrected chi connectivity index (χ3v) is 6.83. The summed E-state index contributed by atoms with van der Waals surface area (Å²) >= 11 is 1.60. The van der Waals surface area contributed by atoms with Gasteiger partial charge in [-0.2, -0.15) is 4.31 Å². The van der Waals surface area contributed by atoms with Crippen molar-refractivity contribution in [3.05, 3.63) is 40.3 Å². The van der Waals surface area contributed by atoms with E-state index in [1.54, 1.807) is 11.3 Å². The molecule has 0 spiro atoms. The van der Waals surface area contributed by atoms with Gasteiger partial charge in [0, 0.05) is 18.0 Å². The second kappa shape index (κ2) is 7.60. The van der Waals surface area contributed by atoms with Crippen LogP contribution in [0.5, 0.6) is 0 Å². The summed E-state index contributed by atoms with van der Waals surface area (Å²) in [7, 11) is -4.07. The Morgan fingerprint density at radius 2 is 2.15 bits per heavy atom. The van der Waals surface area contributed by atoms with Crippen molar-refractivity contribution in [1.82, 2.24) is 9.62 Å². The van der Waals surface area contributed by atoms with E-state index in [0.717, 1.165) is 21.3 Å². The predicted molar refractivity (Wildman–Crippen MR) is 93.6 cm³/mol. The van der Waals surface area contributed by atoms with Crippen molar-refractivity contribution >= 4 is 33.2 Å². The molecule has 26 heavy (non-hydrogen) atoms. The molecule has 2 N–H and O–H groups in total. The molecule has 2 aromatic rings. The maximum Gasteiger partial charge on any atom is 0.371 e. The molecule has 0 radical (unpaired) electrons. The Morgan fingerprint density at radius 1 is 1.35 bits per heavy atom. The van der Waals surface area contributed by atoms with Gasteiger partial charge in [0.2, 0.25) is 16.8 Å². The van der Waals surface area contributed by atoms with Gasteiger partial charge in [-0.15, -0.1) is 11.3 Å². The SMILES string of the molecule is O=C(O)c1ccc(S(=O)(=O)N2CCCC2C(=O)NCCc2cccs2)o1.